The van der Waals surface area contributed by atoms with Crippen LogP contribution in [0.2, 0.25) is 0 Å². The van der Waals surface area contributed by atoms with E-state index in [2.05, 4.69) is 15.9 Å². The topological polar surface area (TPSA) is 18.5 Å². The lowest BCUT2D eigenvalue weighted by Crippen LogP contribution is -2.00. The number of rotatable bonds is 4. The van der Waals surface area contributed by atoms with E-state index in [4.69, 9.17) is 21.1 Å². The largest absolute Gasteiger partial charge is 0.497 e. The minimum atomic E-state index is -0.270. The van der Waals surface area contributed by atoms with E-state index in [0.717, 1.165) is 32.7 Å². The molecule has 2 nitrogen and oxygen atoms in total. The second kappa shape index (κ2) is 6.51. The van der Waals surface area contributed by atoms with Gasteiger partial charge in [0.25, 0.3) is 0 Å². The van der Waals surface area contributed by atoms with Gasteiger partial charge in [0.1, 0.15) is 11.5 Å². The third-order valence-corrected chi connectivity index (χ3v) is 4.63. The lowest BCUT2D eigenvalue weighted by molar-refractivity contribution is 0.391. The van der Waals surface area contributed by atoms with Gasteiger partial charge in [0.05, 0.1) is 19.6 Å². The third kappa shape index (κ3) is 2.94. The number of alkyl halides is 1. The zero-order valence-electron chi connectivity index (χ0n) is 11.6. The summed E-state index contributed by atoms with van der Waals surface area (Å²) in [6, 6.07) is 11.7. The van der Waals surface area contributed by atoms with Gasteiger partial charge in [-0.3, -0.25) is 0 Å². The van der Waals surface area contributed by atoms with Gasteiger partial charge in [0, 0.05) is 16.1 Å². The summed E-state index contributed by atoms with van der Waals surface area (Å²) < 4.78 is 11.7. The van der Waals surface area contributed by atoms with E-state index < -0.39 is 0 Å². The summed E-state index contributed by atoms with van der Waals surface area (Å²) in [4.78, 5) is 0. The van der Waals surface area contributed by atoms with Crippen molar-refractivity contribution in [2.45, 2.75) is 12.3 Å². The first-order valence-corrected chi connectivity index (χ1v) is 7.42. The van der Waals surface area contributed by atoms with E-state index in [-0.39, 0.29) is 5.38 Å². The van der Waals surface area contributed by atoms with Crippen LogP contribution in [-0.2, 0) is 0 Å². The standard InChI is InChI=1S/C16H16BrClO2/c1-10-12(5-4-6-14(10)17)16(18)13-8-7-11(19-2)9-15(13)20-3/h4-9,16H,1-3H3. The summed E-state index contributed by atoms with van der Waals surface area (Å²) in [5.74, 6) is 1.48. The van der Waals surface area contributed by atoms with E-state index in [1.165, 1.54) is 0 Å². The second-order valence-corrected chi connectivity index (χ2v) is 5.72. The molecule has 0 aromatic heterocycles. The minimum absolute atomic E-state index is 0.270. The molecule has 106 valence electrons. The molecule has 0 N–H and O–H groups in total. The highest BCUT2D eigenvalue weighted by atomic mass is 79.9. The number of halogens is 2. The Morgan fingerprint density at radius 2 is 1.80 bits per heavy atom. The van der Waals surface area contributed by atoms with Crippen molar-refractivity contribution in [2.75, 3.05) is 14.2 Å². The molecule has 0 saturated carbocycles. The maximum absolute atomic E-state index is 6.65. The molecule has 0 saturated heterocycles. The molecule has 4 heteroatoms. The van der Waals surface area contributed by atoms with Crippen molar-refractivity contribution in [3.63, 3.8) is 0 Å². The molecule has 0 aliphatic rings. The molecule has 2 aromatic carbocycles. The van der Waals surface area contributed by atoms with Gasteiger partial charge in [-0.1, -0.05) is 28.1 Å². The Morgan fingerprint density at radius 1 is 1.05 bits per heavy atom. The lowest BCUT2D eigenvalue weighted by atomic mass is 9.99. The number of ether oxygens (including phenoxy) is 2. The Morgan fingerprint density at radius 3 is 2.45 bits per heavy atom. The number of methoxy groups -OCH3 is 2. The molecule has 0 radical (unpaired) electrons. The summed E-state index contributed by atoms with van der Waals surface area (Å²) in [7, 11) is 3.26. The Kier molecular flexibility index (Phi) is 4.95. The predicted octanol–water partition coefficient (Wildman–Crippen LogP) is 5.10. The monoisotopic (exact) mass is 354 g/mol. The Balaban J connectivity index is 2.47. The molecule has 1 unspecified atom stereocenters. The molecule has 0 aliphatic heterocycles. The molecular formula is C16H16BrClO2. The van der Waals surface area contributed by atoms with Crippen molar-refractivity contribution in [1.82, 2.24) is 0 Å². The Labute approximate surface area is 132 Å². The molecule has 0 amide bonds. The fourth-order valence-electron chi connectivity index (χ4n) is 2.09. The van der Waals surface area contributed by atoms with Gasteiger partial charge < -0.3 is 9.47 Å². The summed E-state index contributed by atoms with van der Waals surface area (Å²) in [6.07, 6.45) is 0. The molecule has 2 aromatic rings. The molecule has 0 spiro atoms. The van der Waals surface area contributed by atoms with Gasteiger partial charge in [-0.2, -0.15) is 0 Å². The quantitative estimate of drug-likeness (QED) is 0.710. The first-order chi connectivity index (χ1) is 9.58. The molecule has 0 fully saturated rings. The molecule has 0 bridgehead atoms. The first-order valence-electron chi connectivity index (χ1n) is 6.19. The van der Waals surface area contributed by atoms with Crippen LogP contribution in [0, 0.1) is 6.92 Å². The minimum Gasteiger partial charge on any atom is -0.497 e. The van der Waals surface area contributed by atoms with Crippen LogP contribution < -0.4 is 9.47 Å². The predicted molar refractivity (Wildman–Crippen MR) is 86.1 cm³/mol. The lowest BCUT2D eigenvalue weighted by Gasteiger charge is -2.17. The Hall–Kier alpha value is -1.19. The average molecular weight is 356 g/mol. The van der Waals surface area contributed by atoms with Crippen molar-refractivity contribution >= 4 is 27.5 Å². The van der Waals surface area contributed by atoms with Crippen molar-refractivity contribution in [3.8, 4) is 11.5 Å². The van der Waals surface area contributed by atoms with Crippen LogP contribution in [0.3, 0.4) is 0 Å². The fourth-order valence-corrected chi connectivity index (χ4v) is 2.89. The van der Waals surface area contributed by atoms with Crippen molar-refractivity contribution < 1.29 is 9.47 Å². The van der Waals surface area contributed by atoms with Gasteiger partial charge in [-0.25, -0.2) is 0 Å². The average Bonchev–Trinajstić information content (AvgIpc) is 2.48. The molecule has 20 heavy (non-hydrogen) atoms. The molecule has 0 aliphatic carbocycles. The highest BCUT2D eigenvalue weighted by molar-refractivity contribution is 9.10. The van der Waals surface area contributed by atoms with Gasteiger partial charge in [0.2, 0.25) is 0 Å². The van der Waals surface area contributed by atoms with Crippen LogP contribution >= 0.6 is 27.5 Å². The van der Waals surface area contributed by atoms with Crippen LogP contribution in [0.4, 0.5) is 0 Å². The van der Waals surface area contributed by atoms with Gasteiger partial charge in [0.15, 0.2) is 0 Å². The van der Waals surface area contributed by atoms with E-state index >= 15 is 0 Å². The van der Waals surface area contributed by atoms with Crippen LogP contribution in [0.1, 0.15) is 22.1 Å². The summed E-state index contributed by atoms with van der Waals surface area (Å²) in [5.41, 5.74) is 3.12. The van der Waals surface area contributed by atoms with Gasteiger partial charge >= 0.3 is 0 Å². The SMILES string of the molecule is COc1ccc(C(Cl)c2cccc(Br)c2C)c(OC)c1. The fraction of sp³-hybridized carbons (Fsp3) is 0.250. The van der Waals surface area contributed by atoms with Crippen LogP contribution in [0.15, 0.2) is 40.9 Å². The van der Waals surface area contributed by atoms with E-state index in [9.17, 15) is 0 Å². The van der Waals surface area contributed by atoms with Crippen molar-refractivity contribution in [2.24, 2.45) is 0 Å². The summed E-state index contributed by atoms with van der Waals surface area (Å²) in [5, 5.41) is -0.270. The molecule has 2 rings (SSSR count). The van der Waals surface area contributed by atoms with Gasteiger partial charge in [-0.05, 0) is 36.2 Å². The van der Waals surface area contributed by atoms with E-state index in [1.54, 1.807) is 14.2 Å². The molecule has 0 heterocycles. The Bertz CT molecular complexity index is 613. The first kappa shape index (κ1) is 15.2. The number of hydrogen-bond donors (Lipinski definition) is 0. The number of hydrogen-bond acceptors (Lipinski definition) is 2. The second-order valence-electron chi connectivity index (χ2n) is 4.42. The van der Waals surface area contributed by atoms with E-state index in [1.807, 2.05) is 43.3 Å². The maximum Gasteiger partial charge on any atom is 0.127 e. The summed E-state index contributed by atoms with van der Waals surface area (Å²) in [6.45, 7) is 2.05. The highest BCUT2D eigenvalue weighted by Gasteiger charge is 2.18. The normalized spacial score (nSPS) is 12.1. The summed E-state index contributed by atoms with van der Waals surface area (Å²) >= 11 is 10.2. The smallest absolute Gasteiger partial charge is 0.127 e. The van der Waals surface area contributed by atoms with Crippen LogP contribution in [-0.4, -0.2) is 14.2 Å². The van der Waals surface area contributed by atoms with E-state index in [0.29, 0.717) is 0 Å². The zero-order chi connectivity index (χ0) is 14.7. The van der Waals surface area contributed by atoms with Crippen LogP contribution in [0.25, 0.3) is 0 Å². The van der Waals surface area contributed by atoms with Gasteiger partial charge in [-0.15, -0.1) is 11.6 Å². The van der Waals surface area contributed by atoms with Crippen molar-refractivity contribution in [1.29, 1.82) is 0 Å². The zero-order valence-corrected chi connectivity index (χ0v) is 14.0. The number of benzene rings is 2. The maximum atomic E-state index is 6.65. The van der Waals surface area contributed by atoms with Crippen molar-refractivity contribution in [3.05, 3.63) is 57.6 Å². The molecule has 1 atom stereocenters. The highest BCUT2D eigenvalue weighted by Crippen LogP contribution is 2.39. The van der Waals surface area contributed by atoms with Crippen LogP contribution in [0.5, 0.6) is 11.5 Å². The molecular weight excluding hydrogens is 340 g/mol. The third-order valence-electron chi connectivity index (χ3n) is 3.30.